The summed E-state index contributed by atoms with van der Waals surface area (Å²) >= 11 is 0. The summed E-state index contributed by atoms with van der Waals surface area (Å²) in [4.78, 5) is 24.0. The van der Waals surface area contributed by atoms with E-state index in [0.717, 1.165) is 5.56 Å². The SMILES string of the molecule is COc1ccc(C(=O)[C@@H](C)NC(=O)OCc2ccccc2)cc1. The predicted octanol–water partition coefficient (Wildman–Crippen LogP) is 3.19. The molecule has 0 unspecified atom stereocenters. The molecular formula is C18H19NO4. The first kappa shape index (κ1) is 16.5. The molecule has 2 aromatic rings. The van der Waals surface area contributed by atoms with Crippen LogP contribution < -0.4 is 10.1 Å². The van der Waals surface area contributed by atoms with Crippen molar-refractivity contribution in [1.29, 1.82) is 0 Å². The van der Waals surface area contributed by atoms with Crippen molar-refractivity contribution < 1.29 is 19.1 Å². The number of hydrogen-bond donors (Lipinski definition) is 1. The van der Waals surface area contributed by atoms with Crippen molar-refractivity contribution in [1.82, 2.24) is 5.32 Å². The third-order valence-electron chi connectivity index (χ3n) is 3.31. The van der Waals surface area contributed by atoms with Gasteiger partial charge in [-0.3, -0.25) is 4.79 Å². The minimum Gasteiger partial charge on any atom is -0.497 e. The van der Waals surface area contributed by atoms with Crippen LogP contribution in [0.4, 0.5) is 4.79 Å². The molecule has 0 aliphatic rings. The average Bonchev–Trinajstić information content (AvgIpc) is 2.60. The standard InChI is InChI=1S/C18H19NO4/c1-13(17(20)15-8-10-16(22-2)11-9-15)19-18(21)23-12-14-6-4-3-5-7-14/h3-11,13H,12H2,1-2H3,(H,19,21)/t13-/m1/s1. The quantitative estimate of drug-likeness (QED) is 0.832. The molecule has 1 atom stereocenters. The highest BCUT2D eigenvalue weighted by atomic mass is 16.5. The highest BCUT2D eigenvalue weighted by Gasteiger charge is 2.18. The van der Waals surface area contributed by atoms with Crippen molar-refractivity contribution in [3.8, 4) is 5.75 Å². The first-order valence-corrected chi connectivity index (χ1v) is 7.25. The van der Waals surface area contributed by atoms with Gasteiger partial charge in [-0.05, 0) is 36.8 Å². The van der Waals surface area contributed by atoms with Crippen LogP contribution in [0.25, 0.3) is 0 Å². The third kappa shape index (κ3) is 4.85. The van der Waals surface area contributed by atoms with Gasteiger partial charge in [-0.2, -0.15) is 0 Å². The van der Waals surface area contributed by atoms with Crippen LogP contribution in [0, 0.1) is 0 Å². The molecule has 2 aromatic carbocycles. The molecule has 5 nitrogen and oxygen atoms in total. The number of ketones is 1. The maximum Gasteiger partial charge on any atom is 0.408 e. The van der Waals surface area contributed by atoms with Gasteiger partial charge in [0.1, 0.15) is 12.4 Å². The van der Waals surface area contributed by atoms with Crippen LogP contribution in [0.3, 0.4) is 0 Å². The lowest BCUT2D eigenvalue weighted by molar-refractivity contribution is 0.0926. The van der Waals surface area contributed by atoms with Gasteiger partial charge in [0.2, 0.25) is 0 Å². The monoisotopic (exact) mass is 313 g/mol. The normalized spacial score (nSPS) is 11.4. The number of nitrogens with one attached hydrogen (secondary N) is 1. The predicted molar refractivity (Wildman–Crippen MR) is 86.5 cm³/mol. The van der Waals surface area contributed by atoms with E-state index in [2.05, 4.69) is 5.32 Å². The highest BCUT2D eigenvalue weighted by Crippen LogP contribution is 2.13. The van der Waals surface area contributed by atoms with Gasteiger partial charge >= 0.3 is 6.09 Å². The average molecular weight is 313 g/mol. The Morgan fingerprint density at radius 3 is 2.30 bits per heavy atom. The molecule has 0 heterocycles. The first-order chi connectivity index (χ1) is 11.1. The number of benzene rings is 2. The molecule has 1 amide bonds. The van der Waals surface area contributed by atoms with E-state index in [1.54, 1.807) is 38.3 Å². The molecule has 0 saturated carbocycles. The van der Waals surface area contributed by atoms with E-state index in [1.165, 1.54) is 0 Å². The van der Waals surface area contributed by atoms with Crippen LogP contribution >= 0.6 is 0 Å². The van der Waals surface area contributed by atoms with E-state index in [-0.39, 0.29) is 12.4 Å². The Hall–Kier alpha value is -2.82. The van der Waals surface area contributed by atoms with Gasteiger partial charge in [-0.15, -0.1) is 0 Å². The number of carbonyl (C=O) groups is 2. The minimum absolute atomic E-state index is 0.163. The summed E-state index contributed by atoms with van der Waals surface area (Å²) in [6.07, 6.45) is -0.622. The Morgan fingerprint density at radius 1 is 1.04 bits per heavy atom. The second kappa shape index (κ2) is 7.98. The molecule has 1 N–H and O–H groups in total. The highest BCUT2D eigenvalue weighted by molar-refractivity contribution is 6.01. The number of hydrogen-bond acceptors (Lipinski definition) is 4. The molecule has 0 fully saturated rings. The second-order valence-corrected chi connectivity index (χ2v) is 5.02. The second-order valence-electron chi connectivity index (χ2n) is 5.02. The molecule has 0 aliphatic carbocycles. The Balaban J connectivity index is 1.85. The van der Waals surface area contributed by atoms with E-state index in [0.29, 0.717) is 11.3 Å². The van der Waals surface area contributed by atoms with Gasteiger partial charge in [0, 0.05) is 5.56 Å². The fourth-order valence-corrected chi connectivity index (χ4v) is 2.01. The molecule has 120 valence electrons. The van der Waals surface area contributed by atoms with Crippen molar-refractivity contribution in [2.45, 2.75) is 19.6 Å². The van der Waals surface area contributed by atoms with Crippen LogP contribution in [0.1, 0.15) is 22.8 Å². The summed E-state index contributed by atoms with van der Waals surface area (Å²) in [6.45, 7) is 1.78. The minimum atomic E-state index is -0.674. The zero-order valence-corrected chi connectivity index (χ0v) is 13.1. The van der Waals surface area contributed by atoms with Crippen molar-refractivity contribution >= 4 is 11.9 Å². The molecule has 5 heteroatoms. The number of rotatable bonds is 6. The molecule has 0 spiro atoms. The number of ether oxygens (including phenoxy) is 2. The molecule has 0 saturated heterocycles. The summed E-state index contributed by atoms with van der Waals surface area (Å²) in [6, 6.07) is 15.4. The van der Waals surface area contributed by atoms with Crippen molar-refractivity contribution in [2.24, 2.45) is 0 Å². The molecule has 0 aromatic heterocycles. The molecule has 0 bridgehead atoms. The van der Waals surface area contributed by atoms with Crippen LogP contribution in [-0.2, 0) is 11.3 Å². The lowest BCUT2D eigenvalue weighted by Crippen LogP contribution is -2.38. The van der Waals surface area contributed by atoms with E-state index in [1.807, 2.05) is 30.3 Å². The van der Waals surface area contributed by atoms with Crippen LogP contribution in [0.5, 0.6) is 5.75 Å². The summed E-state index contributed by atoms with van der Waals surface area (Å²) < 4.78 is 10.1. The van der Waals surface area contributed by atoms with E-state index in [9.17, 15) is 9.59 Å². The van der Waals surface area contributed by atoms with E-state index in [4.69, 9.17) is 9.47 Å². The van der Waals surface area contributed by atoms with Gasteiger partial charge in [0.05, 0.1) is 13.2 Å². The Kier molecular flexibility index (Phi) is 5.74. The lowest BCUT2D eigenvalue weighted by atomic mass is 10.1. The first-order valence-electron chi connectivity index (χ1n) is 7.25. The number of carbonyl (C=O) groups excluding carboxylic acids is 2. The van der Waals surface area contributed by atoms with Crippen molar-refractivity contribution in [3.63, 3.8) is 0 Å². The Labute approximate surface area is 135 Å². The van der Waals surface area contributed by atoms with Crippen molar-refractivity contribution in [2.75, 3.05) is 7.11 Å². The topological polar surface area (TPSA) is 64.6 Å². The zero-order chi connectivity index (χ0) is 16.7. The lowest BCUT2D eigenvalue weighted by Gasteiger charge is -2.13. The number of methoxy groups -OCH3 is 1. The Morgan fingerprint density at radius 2 is 1.70 bits per heavy atom. The van der Waals surface area contributed by atoms with Gasteiger partial charge < -0.3 is 14.8 Å². The smallest absolute Gasteiger partial charge is 0.408 e. The van der Waals surface area contributed by atoms with Gasteiger partial charge in [0.25, 0.3) is 0 Å². The Bertz CT molecular complexity index is 652. The van der Waals surface area contributed by atoms with Crippen molar-refractivity contribution in [3.05, 3.63) is 65.7 Å². The van der Waals surface area contributed by atoms with E-state index >= 15 is 0 Å². The number of Topliss-reactive ketones (excluding diaryl/α,β-unsaturated/α-hetero) is 1. The summed E-state index contributed by atoms with van der Waals surface area (Å²) in [5, 5.41) is 2.54. The molecule has 0 aliphatic heterocycles. The zero-order valence-electron chi connectivity index (χ0n) is 13.1. The number of amides is 1. The summed E-state index contributed by atoms with van der Waals surface area (Å²) in [5.41, 5.74) is 1.39. The number of alkyl carbamates (subject to hydrolysis) is 1. The van der Waals surface area contributed by atoms with E-state index < -0.39 is 12.1 Å². The molecule has 2 rings (SSSR count). The fourth-order valence-electron chi connectivity index (χ4n) is 2.01. The molecular weight excluding hydrogens is 294 g/mol. The third-order valence-corrected chi connectivity index (χ3v) is 3.31. The van der Waals surface area contributed by atoms with Gasteiger partial charge in [-0.25, -0.2) is 4.79 Å². The van der Waals surface area contributed by atoms with Crippen LogP contribution in [0.15, 0.2) is 54.6 Å². The largest absolute Gasteiger partial charge is 0.497 e. The molecule has 23 heavy (non-hydrogen) atoms. The van der Waals surface area contributed by atoms with Gasteiger partial charge in [0.15, 0.2) is 5.78 Å². The molecule has 0 radical (unpaired) electrons. The maximum atomic E-state index is 12.2. The van der Waals surface area contributed by atoms with Crippen LogP contribution in [0.2, 0.25) is 0 Å². The summed E-state index contributed by atoms with van der Waals surface area (Å²) in [5.74, 6) is 0.480. The van der Waals surface area contributed by atoms with Gasteiger partial charge in [-0.1, -0.05) is 30.3 Å². The fraction of sp³-hybridized carbons (Fsp3) is 0.222. The summed E-state index contributed by atoms with van der Waals surface area (Å²) in [7, 11) is 1.56. The van der Waals surface area contributed by atoms with Crippen LogP contribution in [-0.4, -0.2) is 25.0 Å². The maximum absolute atomic E-state index is 12.2.